The molecule has 4 fully saturated rings. The van der Waals surface area contributed by atoms with Crippen LogP contribution in [-0.4, -0.2) is 273 Å². The van der Waals surface area contributed by atoms with Gasteiger partial charge < -0.3 is 110 Å². The fourth-order valence-corrected chi connectivity index (χ4v) is 10.7. The Kier molecular flexibility index (Phi) is 26.4. The average Bonchev–Trinajstić information content (AvgIpc) is 3.30. The summed E-state index contributed by atoms with van der Waals surface area (Å²) in [5.74, 6) is 3.20. The highest BCUT2D eigenvalue weighted by Crippen LogP contribution is 2.37. The van der Waals surface area contributed by atoms with Crippen LogP contribution >= 0.6 is 35.3 Å². The van der Waals surface area contributed by atoms with E-state index < -0.39 is 128 Å². The van der Waals surface area contributed by atoms with Crippen LogP contribution in [0.3, 0.4) is 0 Å². The van der Waals surface area contributed by atoms with Gasteiger partial charge in [-0.15, -0.1) is 11.8 Å². The quantitative estimate of drug-likeness (QED) is 0.0190. The van der Waals surface area contributed by atoms with Crippen molar-refractivity contribution in [1.29, 1.82) is 5.41 Å². The van der Waals surface area contributed by atoms with Gasteiger partial charge >= 0.3 is 0 Å². The summed E-state index contributed by atoms with van der Waals surface area (Å²) in [5.41, 5.74) is 3.72. The molecule has 0 aromatic rings. The third-order valence-electron chi connectivity index (χ3n) is 11.8. The summed E-state index contributed by atoms with van der Waals surface area (Å²) in [4.78, 5) is 0. The Balaban J connectivity index is 1.28. The molecule has 3 saturated heterocycles. The van der Waals surface area contributed by atoms with Crippen molar-refractivity contribution in [2.75, 3.05) is 95.7 Å². The van der Waals surface area contributed by atoms with Gasteiger partial charge in [0, 0.05) is 57.3 Å². The highest BCUT2D eigenvalue weighted by Gasteiger charge is 2.51. The van der Waals surface area contributed by atoms with Gasteiger partial charge in [-0.3, -0.25) is 5.41 Å². The number of aliphatic hydroxyl groups is 11. The lowest BCUT2D eigenvalue weighted by Gasteiger charge is -2.45. The van der Waals surface area contributed by atoms with Crippen molar-refractivity contribution >= 4 is 41.1 Å². The number of nitrogens with one attached hydrogen (secondary N) is 2. The van der Waals surface area contributed by atoms with Gasteiger partial charge in [-0.25, -0.2) is 0 Å². The van der Waals surface area contributed by atoms with Crippen LogP contribution in [0.25, 0.3) is 0 Å². The predicted octanol–water partition coefficient (Wildman–Crippen LogP) is -4.71. The normalized spacial score (nSPS) is 39.8. The average molecular weight is 1010 g/mol. The molecule has 388 valence electrons. The molecule has 1 saturated carbocycles. The van der Waals surface area contributed by atoms with Crippen molar-refractivity contribution in [2.24, 2.45) is 5.73 Å². The zero-order valence-corrected chi connectivity index (χ0v) is 40.0. The van der Waals surface area contributed by atoms with Crippen LogP contribution in [0.15, 0.2) is 0 Å². The molecule has 15 N–H and O–H groups in total. The summed E-state index contributed by atoms with van der Waals surface area (Å²) in [5, 5.41) is 127. The first-order chi connectivity index (χ1) is 31.6. The topological polar surface area (TPSA) is 368 Å². The summed E-state index contributed by atoms with van der Waals surface area (Å²) in [6, 6.07) is 0. The molecule has 3 aliphatic heterocycles. The number of amidine groups is 1. The standard InChI is InChI=1S/C40H75N3O20S3/c1-55-17-23-28(47)31(50)35(58-11-4-14-65-16-9-43-26(42)19-66-25-6-5-21(45)36(53)40(25,54)20-44)39(62-23)60-18-24-29(48)32(51)34(57-10-3-13-64-15-8-41)38(63-24)59-12-7-22-27(46)30(49)33(52)37(56-2)61-22/h21-25,27-39,44-54H,3-20,41H2,1-2H3,(H2,42,43). The van der Waals surface area contributed by atoms with Gasteiger partial charge in [-0.2, -0.15) is 23.5 Å². The van der Waals surface area contributed by atoms with Gasteiger partial charge in [0.2, 0.25) is 0 Å². The lowest BCUT2D eigenvalue weighted by atomic mass is 9.80. The Hall–Kier alpha value is -0.320. The van der Waals surface area contributed by atoms with Crippen LogP contribution in [0.1, 0.15) is 32.1 Å². The predicted molar refractivity (Wildman–Crippen MR) is 241 cm³/mol. The largest absolute Gasteiger partial charge is 0.393 e. The van der Waals surface area contributed by atoms with E-state index in [4.69, 9.17) is 53.8 Å². The zero-order chi connectivity index (χ0) is 48.4. The van der Waals surface area contributed by atoms with Gasteiger partial charge in [0.25, 0.3) is 0 Å². The molecule has 4 rings (SSSR count). The fourth-order valence-electron chi connectivity index (χ4n) is 7.95. The third-order valence-corrected chi connectivity index (χ3v) is 15.5. The molecule has 0 bridgehead atoms. The number of hydrogen-bond acceptors (Lipinski definition) is 25. The van der Waals surface area contributed by atoms with E-state index in [0.29, 0.717) is 43.9 Å². The maximum Gasteiger partial charge on any atom is 0.187 e. The molecule has 1 aliphatic carbocycles. The van der Waals surface area contributed by atoms with E-state index in [1.807, 2.05) is 0 Å². The van der Waals surface area contributed by atoms with E-state index in [0.717, 1.165) is 11.5 Å². The van der Waals surface area contributed by atoms with Gasteiger partial charge in [-0.05, 0) is 43.6 Å². The first-order valence-corrected chi connectivity index (χ1v) is 25.7. The van der Waals surface area contributed by atoms with Crippen LogP contribution in [0.5, 0.6) is 0 Å². The second-order valence-electron chi connectivity index (χ2n) is 16.6. The minimum absolute atomic E-state index is 0.00258. The Morgan fingerprint density at radius 2 is 1.26 bits per heavy atom. The molecule has 0 aromatic carbocycles. The summed E-state index contributed by atoms with van der Waals surface area (Å²) in [6.07, 6.45) is -20.6. The summed E-state index contributed by atoms with van der Waals surface area (Å²) >= 11 is 4.45. The number of hydrogen-bond donors (Lipinski definition) is 14. The highest BCUT2D eigenvalue weighted by atomic mass is 32.2. The number of methoxy groups -OCH3 is 2. The first kappa shape index (κ1) is 58.3. The van der Waals surface area contributed by atoms with Crippen LogP contribution < -0.4 is 11.1 Å². The van der Waals surface area contributed by atoms with Crippen molar-refractivity contribution in [3.8, 4) is 0 Å². The van der Waals surface area contributed by atoms with Crippen LogP contribution in [-0.2, 0) is 42.6 Å². The molecular weight excluding hydrogens is 939 g/mol. The molecule has 23 nitrogen and oxygen atoms in total. The molecular formula is C40H75N3O20S3. The Morgan fingerprint density at radius 1 is 0.682 bits per heavy atom. The number of aliphatic hydroxyl groups excluding tert-OH is 10. The van der Waals surface area contributed by atoms with Crippen molar-refractivity contribution in [2.45, 2.75) is 147 Å². The Morgan fingerprint density at radius 3 is 1.85 bits per heavy atom. The van der Waals surface area contributed by atoms with E-state index in [2.05, 4.69) is 5.32 Å². The maximum atomic E-state index is 11.3. The number of nitrogens with two attached hydrogens (primary N) is 1. The second-order valence-corrected chi connectivity index (χ2v) is 20.2. The van der Waals surface area contributed by atoms with Crippen LogP contribution in [0, 0.1) is 5.41 Å². The number of rotatable bonds is 29. The fraction of sp³-hybridized carbons (Fsp3) is 0.975. The van der Waals surface area contributed by atoms with Crippen molar-refractivity contribution in [3.05, 3.63) is 0 Å². The molecule has 19 unspecified atom stereocenters. The van der Waals surface area contributed by atoms with Gasteiger partial charge in [0.1, 0.15) is 84.7 Å². The van der Waals surface area contributed by atoms with E-state index in [9.17, 15) is 56.2 Å². The Labute approximate surface area is 398 Å². The zero-order valence-electron chi connectivity index (χ0n) is 37.5. The smallest absolute Gasteiger partial charge is 0.187 e. The molecule has 0 spiro atoms. The minimum atomic E-state index is -1.86. The second kappa shape index (κ2) is 29.9. The molecule has 3 heterocycles. The third kappa shape index (κ3) is 16.4. The molecule has 0 radical (unpaired) electrons. The molecule has 66 heavy (non-hydrogen) atoms. The van der Waals surface area contributed by atoms with E-state index in [-0.39, 0.29) is 50.9 Å². The van der Waals surface area contributed by atoms with Crippen molar-refractivity contribution < 1.29 is 98.8 Å². The van der Waals surface area contributed by atoms with Gasteiger partial charge in [0.15, 0.2) is 18.9 Å². The van der Waals surface area contributed by atoms with E-state index >= 15 is 0 Å². The van der Waals surface area contributed by atoms with E-state index in [1.54, 1.807) is 23.5 Å². The SMILES string of the molecule is COCC1OC(OCC2OC(OCCC3OC(OC)C(O)C(O)C3O)C(OCCCSCCN)C(O)C2O)C(OCCCSCCNC(=N)CSC2CCC(O)C(O)C2(O)CO)C(O)C1O. The molecule has 26 heteroatoms. The highest BCUT2D eigenvalue weighted by molar-refractivity contribution is 8.00. The number of ether oxygens (including phenoxy) is 9. The molecule has 19 atom stereocenters. The first-order valence-electron chi connectivity index (χ1n) is 22.3. The summed E-state index contributed by atoms with van der Waals surface area (Å²) in [6.45, 7) is -0.0239. The maximum absolute atomic E-state index is 11.3. The van der Waals surface area contributed by atoms with Gasteiger partial charge in [-0.1, -0.05) is 0 Å². The van der Waals surface area contributed by atoms with Gasteiger partial charge in [0.05, 0.1) is 44.4 Å². The Bertz CT molecular complexity index is 1360. The van der Waals surface area contributed by atoms with Crippen LogP contribution in [0.4, 0.5) is 0 Å². The monoisotopic (exact) mass is 1010 g/mol. The number of thioether (sulfide) groups is 3. The molecule has 0 amide bonds. The molecule has 4 aliphatic rings. The van der Waals surface area contributed by atoms with Crippen LogP contribution in [0.2, 0.25) is 0 Å². The summed E-state index contributed by atoms with van der Waals surface area (Å²) < 4.78 is 52.1. The van der Waals surface area contributed by atoms with E-state index in [1.165, 1.54) is 26.0 Å². The van der Waals surface area contributed by atoms with Crippen molar-refractivity contribution in [1.82, 2.24) is 5.32 Å². The summed E-state index contributed by atoms with van der Waals surface area (Å²) in [7, 11) is 2.68. The van der Waals surface area contributed by atoms with Crippen molar-refractivity contribution in [3.63, 3.8) is 0 Å². The lowest BCUT2D eigenvalue weighted by molar-refractivity contribution is -0.340. The molecule has 0 aromatic heterocycles. The lowest BCUT2D eigenvalue weighted by Crippen LogP contribution is -2.62. The minimum Gasteiger partial charge on any atom is -0.393 e.